The number of benzene rings is 2. The van der Waals surface area contributed by atoms with Crippen LogP contribution in [-0.2, 0) is 0 Å². The van der Waals surface area contributed by atoms with E-state index in [-0.39, 0.29) is 18.0 Å². The van der Waals surface area contributed by atoms with Crippen LogP contribution in [0, 0.1) is 0 Å². The van der Waals surface area contributed by atoms with E-state index in [9.17, 15) is 4.79 Å². The van der Waals surface area contributed by atoms with E-state index in [1.165, 1.54) is 0 Å². The first kappa shape index (κ1) is 16.5. The number of rotatable bonds is 2. The van der Waals surface area contributed by atoms with Crippen LogP contribution in [0.15, 0.2) is 59.4 Å². The minimum atomic E-state index is -0.0585. The summed E-state index contributed by atoms with van der Waals surface area (Å²) in [6.07, 6.45) is 0. The molecule has 1 saturated heterocycles. The molecule has 0 spiro atoms. The molecule has 5 nitrogen and oxygen atoms in total. The second-order valence-corrected chi connectivity index (χ2v) is 5.64. The number of nitrogens with zero attached hydrogens (tertiary/aromatic N) is 3. The summed E-state index contributed by atoms with van der Waals surface area (Å²) in [5, 5.41) is 3.31. The monoisotopic (exact) mass is 342 g/mol. The highest BCUT2D eigenvalue weighted by Gasteiger charge is 2.19. The second kappa shape index (κ2) is 7.03. The van der Waals surface area contributed by atoms with Crippen LogP contribution >= 0.6 is 12.4 Å². The summed E-state index contributed by atoms with van der Waals surface area (Å²) in [6.45, 7) is 3.35. The Bertz CT molecular complexity index is 888. The average Bonchev–Trinajstić information content (AvgIpc) is 2.63. The molecule has 0 radical (unpaired) electrons. The van der Waals surface area contributed by atoms with E-state index < -0.39 is 0 Å². The molecule has 0 unspecified atom stereocenters. The Balaban J connectivity index is 0.00000169. The molecule has 1 aliphatic heterocycles. The molecule has 3 aromatic rings. The number of fused-ring (bicyclic) bond motifs is 1. The summed E-state index contributed by atoms with van der Waals surface area (Å²) in [6, 6.07) is 17.5. The molecule has 2 heterocycles. The van der Waals surface area contributed by atoms with Crippen molar-refractivity contribution in [1.29, 1.82) is 0 Å². The van der Waals surface area contributed by atoms with Crippen molar-refractivity contribution in [1.82, 2.24) is 14.9 Å². The Hall–Kier alpha value is -2.37. The van der Waals surface area contributed by atoms with Gasteiger partial charge in [0.2, 0.25) is 0 Å². The van der Waals surface area contributed by atoms with E-state index in [4.69, 9.17) is 0 Å². The van der Waals surface area contributed by atoms with Crippen LogP contribution < -0.4 is 15.8 Å². The van der Waals surface area contributed by atoms with Crippen LogP contribution in [0.5, 0.6) is 0 Å². The number of nitrogens with one attached hydrogen (secondary N) is 1. The van der Waals surface area contributed by atoms with E-state index in [1.54, 1.807) is 4.57 Å². The predicted molar refractivity (Wildman–Crippen MR) is 99.7 cm³/mol. The van der Waals surface area contributed by atoms with Gasteiger partial charge in [-0.3, -0.25) is 9.36 Å². The van der Waals surface area contributed by atoms with Crippen molar-refractivity contribution in [3.8, 4) is 5.69 Å². The van der Waals surface area contributed by atoms with E-state index in [1.807, 2.05) is 54.6 Å². The molecule has 6 heteroatoms. The van der Waals surface area contributed by atoms with Gasteiger partial charge in [0.15, 0.2) is 5.82 Å². The van der Waals surface area contributed by atoms with Crippen molar-refractivity contribution in [3.05, 3.63) is 65.0 Å². The zero-order valence-corrected chi connectivity index (χ0v) is 14.0. The third-order valence-electron chi connectivity index (χ3n) is 4.17. The van der Waals surface area contributed by atoms with Crippen molar-refractivity contribution >= 4 is 29.3 Å². The quantitative estimate of drug-likeness (QED) is 0.776. The zero-order valence-electron chi connectivity index (χ0n) is 13.2. The number of hydrogen-bond donors (Lipinski definition) is 1. The van der Waals surface area contributed by atoms with Gasteiger partial charge in [-0.15, -0.1) is 12.4 Å². The van der Waals surface area contributed by atoms with Crippen molar-refractivity contribution in [2.45, 2.75) is 0 Å². The third kappa shape index (κ3) is 2.88. The lowest BCUT2D eigenvalue weighted by Crippen LogP contribution is -2.46. The van der Waals surface area contributed by atoms with Gasteiger partial charge < -0.3 is 10.2 Å². The minimum Gasteiger partial charge on any atom is -0.349 e. The van der Waals surface area contributed by atoms with Gasteiger partial charge in [-0.25, -0.2) is 4.98 Å². The SMILES string of the molecule is Cl.O=c1c(N2CCNCC2)nc2ccccc2n1-c1ccccc1. The normalized spacial score (nSPS) is 14.4. The summed E-state index contributed by atoms with van der Waals surface area (Å²) >= 11 is 0. The fraction of sp³-hybridized carbons (Fsp3) is 0.222. The van der Waals surface area contributed by atoms with Crippen molar-refractivity contribution in [3.63, 3.8) is 0 Å². The number of para-hydroxylation sites is 3. The Labute approximate surface area is 146 Å². The molecule has 1 fully saturated rings. The van der Waals surface area contributed by atoms with Gasteiger partial charge >= 0.3 is 0 Å². The molecule has 24 heavy (non-hydrogen) atoms. The van der Waals surface area contributed by atoms with Crippen LogP contribution in [0.2, 0.25) is 0 Å². The summed E-state index contributed by atoms with van der Waals surface area (Å²) in [5.74, 6) is 0.536. The lowest BCUT2D eigenvalue weighted by Gasteiger charge is -2.28. The summed E-state index contributed by atoms with van der Waals surface area (Å²) in [7, 11) is 0. The number of hydrogen-bond acceptors (Lipinski definition) is 4. The predicted octanol–water partition coefficient (Wildman–Crippen LogP) is 2.22. The number of piperazine rings is 1. The maximum Gasteiger partial charge on any atom is 0.298 e. The molecule has 1 aromatic heterocycles. The molecule has 124 valence electrons. The molecule has 0 saturated carbocycles. The Morgan fingerprint density at radius 1 is 0.917 bits per heavy atom. The van der Waals surface area contributed by atoms with Gasteiger partial charge in [0.25, 0.3) is 5.56 Å². The van der Waals surface area contributed by atoms with Crippen LogP contribution in [0.25, 0.3) is 16.7 Å². The Kier molecular flexibility index (Phi) is 4.83. The lowest BCUT2D eigenvalue weighted by atomic mass is 10.2. The molecule has 0 bridgehead atoms. The summed E-state index contributed by atoms with van der Waals surface area (Å²) in [5.41, 5.74) is 2.48. The van der Waals surface area contributed by atoms with Crippen LogP contribution in [-0.4, -0.2) is 35.7 Å². The van der Waals surface area contributed by atoms with Gasteiger partial charge in [0, 0.05) is 31.9 Å². The summed E-state index contributed by atoms with van der Waals surface area (Å²) in [4.78, 5) is 19.8. The van der Waals surface area contributed by atoms with Gasteiger partial charge in [-0.05, 0) is 24.3 Å². The van der Waals surface area contributed by atoms with Crippen molar-refractivity contribution in [2.75, 3.05) is 31.1 Å². The first-order valence-corrected chi connectivity index (χ1v) is 7.87. The van der Waals surface area contributed by atoms with E-state index in [2.05, 4.69) is 15.2 Å². The van der Waals surface area contributed by atoms with Gasteiger partial charge in [-0.2, -0.15) is 0 Å². The second-order valence-electron chi connectivity index (χ2n) is 5.64. The Morgan fingerprint density at radius 2 is 1.58 bits per heavy atom. The van der Waals surface area contributed by atoms with E-state index in [0.717, 1.165) is 42.9 Å². The van der Waals surface area contributed by atoms with Crippen molar-refractivity contribution in [2.24, 2.45) is 0 Å². The molecule has 0 aliphatic carbocycles. The number of aromatic nitrogens is 2. The molecule has 1 N–H and O–H groups in total. The highest BCUT2D eigenvalue weighted by molar-refractivity contribution is 5.85. The largest absolute Gasteiger partial charge is 0.349 e. The third-order valence-corrected chi connectivity index (χ3v) is 4.17. The fourth-order valence-corrected chi connectivity index (χ4v) is 3.04. The zero-order chi connectivity index (χ0) is 15.6. The number of halogens is 1. The topological polar surface area (TPSA) is 50.2 Å². The standard InChI is InChI=1S/C18H18N4O.ClH/c23-18-17(21-12-10-19-11-13-21)20-15-8-4-5-9-16(15)22(18)14-6-2-1-3-7-14;/h1-9,19H,10-13H2;1H. The lowest BCUT2D eigenvalue weighted by molar-refractivity contribution is 0.583. The molecule has 0 atom stereocenters. The van der Waals surface area contributed by atoms with Crippen LogP contribution in [0.1, 0.15) is 0 Å². The molecular weight excluding hydrogens is 324 g/mol. The minimum absolute atomic E-state index is 0. The first-order valence-electron chi connectivity index (χ1n) is 7.87. The maximum absolute atomic E-state index is 13.1. The van der Waals surface area contributed by atoms with Gasteiger partial charge in [0.05, 0.1) is 11.0 Å². The van der Waals surface area contributed by atoms with Crippen LogP contribution in [0.3, 0.4) is 0 Å². The molecule has 0 amide bonds. The van der Waals surface area contributed by atoms with Gasteiger partial charge in [-0.1, -0.05) is 30.3 Å². The maximum atomic E-state index is 13.1. The highest BCUT2D eigenvalue weighted by atomic mass is 35.5. The highest BCUT2D eigenvalue weighted by Crippen LogP contribution is 2.18. The fourth-order valence-electron chi connectivity index (χ4n) is 3.04. The first-order chi connectivity index (χ1) is 11.3. The molecule has 4 rings (SSSR count). The van der Waals surface area contributed by atoms with E-state index in [0.29, 0.717) is 5.82 Å². The van der Waals surface area contributed by atoms with E-state index >= 15 is 0 Å². The molecule has 2 aromatic carbocycles. The molecular formula is C18H19ClN4O. The Morgan fingerprint density at radius 3 is 2.33 bits per heavy atom. The summed E-state index contributed by atoms with van der Waals surface area (Å²) < 4.78 is 1.76. The smallest absolute Gasteiger partial charge is 0.298 e. The van der Waals surface area contributed by atoms with Crippen molar-refractivity contribution < 1.29 is 0 Å². The van der Waals surface area contributed by atoms with Gasteiger partial charge in [0.1, 0.15) is 0 Å². The number of anilines is 1. The molecule has 1 aliphatic rings. The average molecular weight is 343 g/mol. The van der Waals surface area contributed by atoms with Crippen LogP contribution in [0.4, 0.5) is 5.82 Å².